The van der Waals surface area contributed by atoms with E-state index in [0.717, 1.165) is 18.4 Å². The lowest BCUT2D eigenvalue weighted by Crippen LogP contribution is -2.13. The molecule has 2 rings (SSSR count). The molecule has 1 N–H and O–H groups in total. The molecule has 1 heterocycles. The molecule has 8 heteroatoms. The Kier molecular flexibility index (Phi) is 4.24. The lowest BCUT2D eigenvalue weighted by Gasteiger charge is -2.07. The van der Waals surface area contributed by atoms with Crippen LogP contribution in [0.15, 0.2) is 41.6 Å². The van der Waals surface area contributed by atoms with Crippen molar-refractivity contribution < 1.29 is 17.6 Å². The van der Waals surface area contributed by atoms with Gasteiger partial charge in [-0.15, -0.1) is 0 Å². The first kappa shape index (κ1) is 15.4. The number of amides is 1. The number of anilines is 1. The van der Waals surface area contributed by atoms with Crippen molar-refractivity contribution in [1.29, 1.82) is 0 Å². The van der Waals surface area contributed by atoms with E-state index in [4.69, 9.17) is 11.6 Å². The third kappa shape index (κ3) is 3.77. The summed E-state index contributed by atoms with van der Waals surface area (Å²) in [5.41, 5.74) is 0.401. The number of rotatable bonds is 3. The predicted octanol–water partition coefficient (Wildman–Crippen LogP) is 2.53. The van der Waals surface area contributed by atoms with Crippen LogP contribution in [0.4, 0.5) is 10.1 Å². The highest BCUT2D eigenvalue weighted by atomic mass is 35.5. The van der Waals surface area contributed by atoms with E-state index in [2.05, 4.69) is 10.3 Å². The molecule has 2 aromatic rings. The number of halogens is 2. The molecule has 0 saturated heterocycles. The molecular weight excluding hydrogens is 319 g/mol. The second-order valence-electron chi connectivity index (χ2n) is 4.24. The summed E-state index contributed by atoms with van der Waals surface area (Å²) in [6.45, 7) is 0. The van der Waals surface area contributed by atoms with Crippen LogP contribution in [0.1, 0.15) is 10.4 Å². The van der Waals surface area contributed by atoms with Crippen LogP contribution in [0.3, 0.4) is 0 Å². The predicted molar refractivity (Wildman–Crippen MR) is 76.7 cm³/mol. The highest BCUT2D eigenvalue weighted by molar-refractivity contribution is 7.90. The van der Waals surface area contributed by atoms with E-state index < -0.39 is 21.6 Å². The summed E-state index contributed by atoms with van der Waals surface area (Å²) >= 11 is 5.78. The number of carbonyl (C=O) groups excluding carboxylic acids is 1. The SMILES string of the molecule is CS(=O)(=O)c1ccc(NC(=O)c2ccc(F)cc2Cl)cn1. The molecule has 0 fully saturated rings. The van der Waals surface area contributed by atoms with Crippen LogP contribution >= 0.6 is 11.6 Å². The second-order valence-corrected chi connectivity index (χ2v) is 6.61. The van der Waals surface area contributed by atoms with Crippen molar-refractivity contribution in [2.24, 2.45) is 0 Å². The zero-order valence-electron chi connectivity index (χ0n) is 10.8. The van der Waals surface area contributed by atoms with Crippen LogP contribution < -0.4 is 5.32 Å². The highest BCUT2D eigenvalue weighted by Crippen LogP contribution is 2.19. The fourth-order valence-corrected chi connectivity index (χ4v) is 2.36. The minimum Gasteiger partial charge on any atom is -0.321 e. The van der Waals surface area contributed by atoms with Crippen LogP contribution in [0.25, 0.3) is 0 Å². The number of hydrogen-bond donors (Lipinski definition) is 1. The average Bonchev–Trinajstić information content (AvgIpc) is 2.38. The summed E-state index contributed by atoms with van der Waals surface area (Å²) in [7, 11) is -3.40. The summed E-state index contributed by atoms with van der Waals surface area (Å²) in [4.78, 5) is 15.7. The molecule has 1 aromatic heterocycles. The van der Waals surface area contributed by atoms with E-state index in [-0.39, 0.29) is 15.6 Å². The Labute approximate surface area is 125 Å². The van der Waals surface area contributed by atoms with Gasteiger partial charge in [0.1, 0.15) is 5.82 Å². The Morgan fingerprint density at radius 3 is 2.52 bits per heavy atom. The summed E-state index contributed by atoms with van der Waals surface area (Å²) in [6.07, 6.45) is 2.25. The van der Waals surface area contributed by atoms with E-state index in [1.165, 1.54) is 24.4 Å². The lowest BCUT2D eigenvalue weighted by atomic mass is 10.2. The number of nitrogens with zero attached hydrogens (tertiary/aromatic N) is 1. The highest BCUT2D eigenvalue weighted by Gasteiger charge is 2.13. The van der Waals surface area contributed by atoms with Crippen molar-refractivity contribution in [3.63, 3.8) is 0 Å². The smallest absolute Gasteiger partial charge is 0.257 e. The normalized spacial score (nSPS) is 11.2. The van der Waals surface area contributed by atoms with Gasteiger partial charge in [-0.25, -0.2) is 17.8 Å². The third-order valence-electron chi connectivity index (χ3n) is 2.55. The topological polar surface area (TPSA) is 76.1 Å². The fourth-order valence-electron chi connectivity index (χ4n) is 1.55. The van der Waals surface area contributed by atoms with Crippen molar-refractivity contribution in [1.82, 2.24) is 4.98 Å². The quantitative estimate of drug-likeness (QED) is 0.939. The van der Waals surface area contributed by atoms with Crippen LogP contribution in [-0.4, -0.2) is 25.6 Å². The number of sulfone groups is 1. The molecule has 0 aliphatic carbocycles. The van der Waals surface area contributed by atoms with E-state index >= 15 is 0 Å². The van der Waals surface area contributed by atoms with Crippen molar-refractivity contribution in [3.05, 3.63) is 52.9 Å². The average molecular weight is 329 g/mol. The van der Waals surface area contributed by atoms with Gasteiger partial charge < -0.3 is 5.32 Å². The van der Waals surface area contributed by atoms with Gasteiger partial charge in [0.2, 0.25) is 0 Å². The maximum Gasteiger partial charge on any atom is 0.257 e. The zero-order valence-corrected chi connectivity index (χ0v) is 12.4. The molecule has 21 heavy (non-hydrogen) atoms. The van der Waals surface area contributed by atoms with Crippen molar-refractivity contribution in [3.8, 4) is 0 Å². The number of hydrogen-bond acceptors (Lipinski definition) is 4. The van der Waals surface area contributed by atoms with E-state index in [0.29, 0.717) is 5.69 Å². The molecule has 1 amide bonds. The molecule has 0 radical (unpaired) electrons. The molecule has 0 spiro atoms. The number of carbonyl (C=O) groups is 1. The minimum absolute atomic E-state index is 0.0202. The first-order chi connectivity index (χ1) is 9.77. The third-order valence-corrected chi connectivity index (χ3v) is 3.86. The van der Waals surface area contributed by atoms with Gasteiger partial charge in [-0.05, 0) is 30.3 Å². The molecule has 0 saturated carbocycles. The zero-order chi connectivity index (χ0) is 15.6. The Morgan fingerprint density at radius 2 is 2.00 bits per heavy atom. The van der Waals surface area contributed by atoms with E-state index in [1.54, 1.807) is 0 Å². The Morgan fingerprint density at radius 1 is 1.29 bits per heavy atom. The van der Waals surface area contributed by atoms with Gasteiger partial charge >= 0.3 is 0 Å². The fraction of sp³-hybridized carbons (Fsp3) is 0.0769. The molecule has 0 atom stereocenters. The maximum atomic E-state index is 12.9. The number of aromatic nitrogens is 1. The van der Waals surface area contributed by atoms with Gasteiger partial charge in [0.05, 0.1) is 22.5 Å². The summed E-state index contributed by atoms with van der Waals surface area (Å²) in [5.74, 6) is -1.09. The van der Waals surface area contributed by atoms with Crippen LogP contribution in [0.5, 0.6) is 0 Å². The molecular formula is C13H10ClFN2O3S. The molecule has 0 aliphatic rings. The van der Waals surface area contributed by atoms with Gasteiger partial charge in [0, 0.05) is 6.26 Å². The first-order valence-electron chi connectivity index (χ1n) is 5.70. The van der Waals surface area contributed by atoms with Crippen LogP contribution in [0.2, 0.25) is 5.02 Å². The van der Waals surface area contributed by atoms with Crippen molar-refractivity contribution >= 4 is 33.0 Å². The number of benzene rings is 1. The number of nitrogens with one attached hydrogen (secondary N) is 1. The van der Waals surface area contributed by atoms with Gasteiger partial charge in [0.15, 0.2) is 14.9 Å². The number of pyridine rings is 1. The Balaban J connectivity index is 2.20. The standard InChI is InChI=1S/C13H10ClFN2O3S/c1-21(19,20)12-5-3-9(7-16-12)17-13(18)10-4-2-8(15)6-11(10)14/h2-7H,1H3,(H,17,18). The first-order valence-corrected chi connectivity index (χ1v) is 7.97. The molecule has 110 valence electrons. The van der Waals surface area contributed by atoms with Crippen LogP contribution in [-0.2, 0) is 9.84 Å². The molecule has 0 bridgehead atoms. The van der Waals surface area contributed by atoms with E-state index in [1.807, 2.05) is 0 Å². The molecule has 0 unspecified atom stereocenters. The molecule has 0 aliphatic heterocycles. The lowest BCUT2D eigenvalue weighted by molar-refractivity contribution is 0.102. The summed E-state index contributed by atoms with van der Waals surface area (Å²) in [5, 5.41) is 2.38. The van der Waals surface area contributed by atoms with Gasteiger partial charge in [-0.1, -0.05) is 11.6 Å². The Hall–Kier alpha value is -1.99. The maximum absolute atomic E-state index is 12.9. The van der Waals surface area contributed by atoms with Crippen LogP contribution in [0, 0.1) is 5.82 Å². The largest absolute Gasteiger partial charge is 0.321 e. The van der Waals surface area contributed by atoms with Gasteiger partial charge in [-0.3, -0.25) is 4.79 Å². The summed E-state index contributed by atoms with van der Waals surface area (Å²) < 4.78 is 35.4. The second kappa shape index (κ2) is 5.79. The molecule has 5 nitrogen and oxygen atoms in total. The van der Waals surface area contributed by atoms with Gasteiger partial charge in [0.25, 0.3) is 5.91 Å². The molecule has 1 aromatic carbocycles. The monoisotopic (exact) mass is 328 g/mol. The summed E-state index contributed by atoms with van der Waals surface area (Å²) in [6, 6.07) is 6.08. The minimum atomic E-state index is -3.40. The van der Waals surface area contributed by atoms with E-state index in [9.17, 15) is 17.6 Å². The van der Waals surface area contributed by atoms with Gasteiger partial charge in [-0.2, -0.15) is 0 Å². The van der Waals surface area contributed by atoms with Crippen molar-refractivity contribution in [2.45, 2.75) is 5.03 Å². The van der Waals surface area contributed by atoms with Crippen molar-refractivity contribution in [2.75, 3.05) is 11.6 Å². The Bertz CT molecular complexity index is 792.